The van der Waals surface area contributed by atoms with E-state index in [-0.39, 0.29) is 5.91 Å². The van der Waals surface area contributed by atoms with E-state index in [0.29, 0.717) is 17.6 Å². The minimum absolute atomic E-state index is 0.0937. The first kappa shape index (κ1) is 16.0. The van der Waals surface area contributed by atoms with Gasteiger partial charge in [0.1, 0.15) is 0 Å². The minimum atomic E-state index is 0.0937. The molecular weight excluding hydrogens is 262 g/mol. The molecule has 4 heteroatoms. The molecule has 1 aromatic rings. The summed E-state index contributed by atoms with van der Waals surface area (Å²) in [6.07, 6.45) is 9.12. The Labute approximate surface area is 127 Å². The molecule has 4 nitrogen and oxygen atoms in total. The van der Waals surface area contributed by atoms with Crippen molar-refractivity contribution in [3.05, 3.63) is 29.6 Å². The van der Waals surface area contributed by atoms with Crippen LogP contribution in [-0.2, 0) is 0 Å². The molecule has 1 amide bonds. The van der Waals surface area contributed by atoms with Crippen molar-refractivity contribution >= 4 is 5.91 Å². The van der Waals surface area contributed by atoms with Gasteiger partial charge in [-0.1, -0.05) is 6.92 Å². The van der Waals surface area contributed by atoms with Gasteiger partial charge in [0.2, 0.25) is 0 Å². The second-order valence-electron chi connectivity index (χ2n) is 6.13. The van der Waals surface area contributed by atoms with Crippen molar-refractivity contribution in [3.8, 4) is 0 Å². The third-order valence-electron chi connectivity index (χ3n) is 4.37. The molecule has 116 valence electrons. The molecule has 1 N–H and O–H groups in total. The number of amides is 1. The van der Waals surface area contributed by atoms with Gasteiger partial charge in [-0.15, -0.1) is 0 Å². The Morgan fingerprint density at radius 3 is 2.67 bits per heavy atom. The van der Waals surface area contributed by atoms with E-state index in [9.17, 15) is 4.79 Å². The topological polar surface area (TPSA) is 45.2 Å². The lowest BCUT2D eigenvalue weighted by Crippen LogP contribution is -2.43. The summed E-state index contributed by atoms with van der Waals surface area (Å²) in [5, 5.41) is 3.59. The van der Waals surface area contributed by atoms with Crippen LogP contribution in [0.2, 0.25) is 0 Å². The van der Waals surface area contributed by atoms with Crippen LogP contribution >= 0.6 is 0 Å². The van der Waals surface area contributed by atoms with E-state index in [2.05, 4.69) is 17.2 Å². The fourth-order valence-corrected chi connectivity index (χ4v) is 3.06. The molecule has 1 aliphatic rings. The Balaban J connectivity index is 1.89. The molecule has 0 atom stereocenters. The lowest BCUT2D eigenvalue weighted by atomic mass is 9.90. The third-order valence-corrected chi connectivity index (χ3v) is 4.37. The van der Waals surface area contributed by atoms with Crippen LogP contribution in [-0.4, -0.2) is 41.5 Å². The molecule has 21 heavy (non-hydrogen) atoms. The molecular formula is C17H27N3O. The largest absolute Gasteiger partial charge is 0.339 e. The Morgan fingerprint density at radius 2 is 2.05 bits per heavy atom. The lowest BCUT2D eigenvalue weighted by molar-refractivity contribution is 0.0684. The van der Waals surface area contributed by atoms with Gasteiger partial charge in [0.05, 0.1) is 5.56 Å². The minimum Gasteiger partial charge on any atom is -0.339 e. The van der Waals surface area contributed by atoms with Gasteiger partial charge in [-0.2, -0.15) is 0 Å². The number of carbonyl (C=O) groups excluding carboxylic acids is 1. The molecule has 0 unspecified atom stereocenters. The molecule has 0 spiro atoms. The summed E-state index contributed by atoms with van der Waals surface area (Å²) in [7, 11) is 1.93. The second kappa shape index (κ2) is 7.55. The van der Waals surface area contributed by atoms with Crippen molar-refractivity contribution in [1.82, 2.24) is 15.2 Å². The summed E-state index contributed by atoms with van der Waals surface area (Å²) in [5.74, 6) is 0.0937. The highest BCUT2D eigenvalue weighted by Gasteiger charge is 2.26. The highest BCUT2D eigenvalue weighted by Crippen LogP contribution is 2.23. The molecule has 0 aliphatic heterocycles. The van der Waals surface area contributed by atoms with Crippen molar-refractivity contribution in [3.63, 3.8) is 0 Å². The van der Waals surface area contributed by atoms with Gasteiger partial charge in [0.15, 0.2) is 0 Å². The zero-order chi connectivity index (χ0) is 15.2. The van der Waals surface area contributed by atoms with E-state index in [4.69, 9.17) is 0 Å². The molecule has 1 heterocycles. The van der Waals surface area contributed by atoms with E-state index in [1.807, 2.05) is 24.9 Å². The Hall–Kier alpha value is -1.42. The van der Waals surface area contributed by atoms with E-state index in [0.717, 1.165) is 37.8 Å². The van der Waals surface area contributed by atoms with Crippen LogP contribution in [0.4, 0.5) is 0 Å². The Kier molecular flexibility index (Phi) is 5.74. The van der Waals surface area contributed by atoms with Gasteiger partial charge in [0, 0.05) is 31.5 Å². The molecule has 0 aromatic carbocycles. The van der Waals surface area contributed by atoms with Crippen molar-refractivity contribution in [1.29, 1.82) is 0 Å². The van der Waals surface area contributed by atoms with E-state index < -0.39 is 0 Å². The van der Waals surface area contributed by atoms with Crippen LogP contribution in [0.5, 0.6) is 0 Å². The molecule has 0 saturated heterocycles. The highest BCUT2D eigenvalue weighted by atomic mass is 16.2. The summed E-state index contributed by atoms with van der Waals surface area (Å²) < 4.78 is 0. The van der Waals surface area contributed by atoms with Gasteiger partial charge in [-0.05, 0) is 57.2 Å². The summed E-state index contributed by atoms with van der Waals surface area (Å²) >= 11 is 0. The predicted molar refractivity (Wildman–Crippen MR) is 85.4 cm³/mol. The van der Waals surface area contributed by atoms with Crippen LogP contribution in [0.15, 0.2) is 18.5 Å². The van der Waals surface area contributed by atoms with E-state index >= 15 is 0 Å². The summed E-state index contributed by atoms with van der Waals surface area (Å²) in [6, 6.07) is 2.91. The van der Waals surface area contributed by atoms with Crippen LogP contribution < -0.4 is 5.32 Å². The maximum Gasteiger partial charge on any atom is 0.255 e. The summed E-state index contributed by atoms with van der Waals surface area (Å²) in [5.41, 5.74) is 1.73. The first-order chi connectivity index (χ1) is 10.1. The number of hydrogen-bond donors (Lipinski definition) is 1. The first-order valence-electron chi connectivity index (χ1n) is 8.04. The SMILES string of the molecule is CCCNC1CCC(N(C)C(=O)c2cncc(C)c2)CC1. The number of aromatic nitrogens is 1. The number of aryl methyl sites for hydroxylation is 1. The monoisotopic (exact) mass is 289 g/mol. The van der Waals surface area contributed by atoms with E-state index in [1.165, 1.54) is 6.42 Å². The zero-order valence-electron chi connectivity index (χ0n) is 13.4. The second-order valence-corrected chi connectivity index (χ2v) is 6.13. The number of rotatable bonds is 5. The number of nitrogens with one attached hydrogen (secondary N) is 1. The molecule has 1 fully saturated rings. The van der Waals surface area contributed by atoms with Crippen LogP contribution in [0, 0.1) is 6.92 Å². The first-order valence-corrected chi connectivity index (χ1v) is 8.04. The quantitative estimate of drug-likeness (QED) is 0.906. The maximum atomic E-state index is 12.5. The number of pyridine rings is 1. The predicted octanol–water partition coefficient (Wildman–Crippen LogP) is 2.77. The molecule has 2 rings (SSSR count). The van der Waals surface area contributed by atoms with Gasteiger partial charge in [-0.25, -0.2) is 0 Å². The standard InChI is InChI=1S/C17H27N3O/c1-4-9-19-15-5-7-16(8-6-15)20(3)17(21)14-10-13(2)11-18-12-14/h10-12,15-16,19H,4-9H2,1-3H3. The average molecular weight is 289 g/mol. The lowest BCUT2D eigenvalue weighted by Gasteiger charge is -2.35. The van der Waals surface area contributed by atoms with E-state index in [1.54, 1.807) is 12.4 Å². The molecule has 0 bridgehead atoms. The van der Waals surface area contributed by atoms with Crippen molar-refractivity contribution < 1.29 is 4.79 Å². The smallest absolute Gasteiger partial charge is 0.255 e. The van der Waals surface area contributed by atoms with Crippen molar-refractivity contribution in [2.75, 3.05) is 13.6 Å². The normalized spacial score (nSPS) is 22.0. The van der Waals surface area contributed by atoms with Crippen LogP contribution in [0.3, 0.4) is 0 Å². The van der Waals surface area contributed by atoms with Gasteiger partial charge >= 0.3 is 0 Å². The average Bonchev–Trinajstić information content (AvgIpc) is 2.52. The van der Waals surface area contributed by atoms with Crippen molar-refractivity contribution in [2.45, 2.75) is 58.0 Å². The maximum absolute atomic E-state index is 12.5. The number of hydrogen-bond acceptors (Lipinski definition) is 3. The number of carbonyl (C=O) groups is 1. The fourth-order valence-electron chi connectivity index (χ4n) is 3.06. The summed E-state index contributed by atoms with van der Waals surface area (Å²) in [4.78, 5) is 18.6. The number of nitrogens with zero attached hydrogens (tertiary/aromatic N) is 2. The highest BCUT2D eigenvalue weighted by molar-refractivity contribution is 5.94. The molecule has 1 aromatic heterocycles. The fraction of sp³-hybridized carbons (Fsp3) is 0.647. The molecule has 0 radical (unpaired) electrons. The molecule has 1 aliphatic carbocycles. The van der Waals surface area contributed by atoms with Gasteiger partial charge < -0.3 is 10.2 Å². The van der Waals surface area contributed by atoms with Gasteiger partial charge in [0.25, 0.3) is 5.91 Å². The van der Waals surface area contributed by atoms with Crippen LogP contribution in [0.25, 0.3) is 0 Å². The van der Waals surface area contributed by atoms with Crippen molar-refractivity contribution in [2.24, 2.45) is 0 Å². The molecule has 1 saturated carbocycles. The van der Waals surface area contributed by atoms with Gasteiger partial charge in [-0.3, -0.25) is 9.78 Å². The summed E-state index contributed by atoms with van der Waals surface area (Å²) in [6.45, 7) is 5.26. The Bertz CT molecular complexity index is 467. The Morgan fingerprint density at radius 1 is 1.33 bits per heavy atom. The third kappa shape index (κ3) is 4.27. The zero-order valence-corrected chi connectivity index (χ0v) is 13.4. The van der Waals surface area contributed by atoms with Crippen LogP contribution in [0.1, 0.15) is 54.9 Å².